The zero-order valence-electron chi connectivity index (χ0n) is 13.1. The lowest BCUT2D eigenvalue weighted by molar-refractivity contribution is -0.119. The van der Waals surface area contributed by atoms with E-state index >= 15 is 0 Å². The molecule has 1 heterocycles. The highest BCUT2D eigenvalue weighted by atomic mass is 16.5. The predicted octanol–water partition coefficient (Wildman–Crippen LogP) is 3.31. The van der Waals surface area contributed by atoms with Crippen LogP contribution in [0.3, 0.4) is 0 Å². The molecule has 0 saturated carbocycles. The van der Waals surface area contributed by atoms with Gasteiger partial charge < -0.3 is 20.7 Å². The quantitative estimate of drug-likeness (QED) is 0.807. The van der Waals surface area contributed by atoms with E-state index in [0.29, 0.717) is 24.6 Å². The van der Waals surface area contributed by atoms with Gasteiger partial charge in [-0.2, -0.15) is 0 Å². The SMILES string of the molecule is O=C(Nc1ccccc1)Nc1ccc(NC(=O)[C@H]2CCOC2)cc1. The molecule has 3 rings (SSSR count). The number of anilines is 3. The van der Waals surface area contributed by atoms with Crippen molar-refractivity contribution in [2.45, 2.75) is 6.42 Å². The summed E-state index contributed by atoms with van der Waals surface area (Å²) in [7, 11) is 0. The minimum atomic E-state index is -0.318. The summed E-state index contributed by atoms with van der Waals surface area (Å²) in [5.74, 6) is -0.116. The summed E-state index contributed by atoms with van der Waals surface area (Å²) < 4.78 is 5.21. The van der Waals surface area contributed by atoms with E-state index in [1.165, 1.54) is 0 Å². The van der Waals surface area contributed by atoms with Crippen molar-refractivity contribution in [3.63, 3.8) is 0 Å². The van der Waals surface area contributed by atoms with Crippen LogP contribution < -0.4 is 16.0 Å². The van der Waals surface area contributed by atoms with Crippen molar-refractivity contribution >= 4 is 29.0 Å². The van der Waals surface area contributed by atoms with Gasteiger partial charge >= 0.3 is 6.03 Å². The zero-order chi connectivity index (χ0) is 16.8. The van der Waals surface area contributed by atoms with Gasteiger partial charge in [0, 0.05) is 23.7 Å². The fraction of sp³-hybridized carbons (Fsp3) is 0.222. The maximum absolute atomic E-state index is 12.0. The van der Waals surface area contributed by atoms with Gasteiger partial charge in [0.2, 0.25) is 5.91 Å². The summed E-state index contributed by atoms with van der Waals surface area (Å²) in [5, 5.41) is 8.34. The number of para-hydroxylation sites is 1. The van der Waals surface area contributed by atoms with Crippen LogP contribution in [0.25, 0.3) is 0 Å². The first-order valence-electron chi connectivity index (χ1n) is 7.82. The fourth-order valence-electron chi connectivity index (χ4n) is 2.44. The van der Waals surface area contributed by atoms with Crippen molar-refractivity contribution in [3.8, 4) is 0 Å². The van der Waals surface area contributed by atoms with Crippen molar-refractivity contribution in [2.75, 3.05) is 29.2 Å². The first-order valence-corrected chi connectivity index (χ1v) is 7.82. The van der Waals surface area contributed by atoms with E-state index in [1.807, 2.05) is 30.3 Å². The van der Waals surface area contributed by atoms with Crippen LogP contribution in [0, 0.1) is 5.92 Å². The number of nitrogens with one attached hydrogen (secondary N) is 3. The number of urea groups is 1. The Morgan fingerprint density at radius 2 is 1.42 bits per heavy atom. The molecule has 1 aliphatic heterocycles. The second-order valence-electron chi connectivity index (χ2n) is 5.57. The topological polar surface area (TPSA) is 79.5 Å². The third-order valence-corrected chi connectivity index (χ3v) is 3.74. The van der Waals surface area contributed by atoms with Gasteiger partial charge in [0.25, 0.3) is 0 Å². The maximum Gasteiger partial charge on any atom is 0.323 e. The van der Waals surface area contributed by atoms with Gasteiger partial charge in [-0.05, 0) is 42.8 Å². The Balaban J connectivity index is 1.52. The van der Waals surface area contributed by atoms with Crippen molar-refractivity contribution in [3.05, 3.63) is 54.6 Å². The molecule has 124 valence electrons. The van der Waals surface area contributed by atoms with Crippen molar-refractivity contribution in [1.29, 1.82) is 0 Å². The van der Waals surface area contributed by atoms with Gasteiger partial charge in [-0.3, -0.25) is 4.79 Å². The predicted molar refractivity (Wildman–Crippen MR) is 93.1 cm³/mol. The number of amides is 3. The number of ether oxygens (including phenoxy) is 1. The maximum atomic E-state index is 12.0. The molecule has 0 spiro atoms. The van der Waals surface area contributed by atoms with E-state index in [1.54, 1.807) is 24.3 Å². The highest BCUT2D eigenvalue weighted by molar-refractivity contribution is 6.00. The van der Waals surface area contributed by atoms with Crippen molar-refractivity contribution in [1.82, 2.24) is 0 Å². The molecule has 3 amide bonds. The molecule has 1 atom stereocenters. The van der Waals surface area contributed by atoms with Gasteiger partial charge in [-0.25, -0.2) is 4.79 Å². The third kappa shape index (κ3) is 4.33. The van der Waals surface area contributed by atoms with Gasteiger partial charge in [-0.15, -0.1) is 0 Å². The standard InChI is InChI=1S/C18H19N3O3/c22-17(13-10-11-24-12-13)19-15-6-8-16(9-7-15)21-18(23)20-14-4-2-1-3-5-14/h1-9,13H,10-12H2,(H,19,22)(H2,20,21,23)/t13-/m0/s1. The Morgan fingerprint density at radius 3 is 2.00 bits per heavy atom. The number of carbonyl (C=O) groups is 2. The lowest BCUT2D eigenvalue weighted by Crippen LogP contribution is -2.23. The summed E-state index contributed by atoms with van der Waals surface area (Å²) in [4.78, 5) is 23.9. The molecule has 1 fully saturated rings. The van der Waals surface area contributed by atoms with Gasteiger partial charge in [-0.1, -0.05) is 18.2 Å². The zero-order valence-corrected chi connectivity index (χ0v) is 13.1. The Kier molecular flexibility index (Phi) is 5.08. The molecule has 0 bridgehead atoms. The van der Waals surface area contributed by atoms with Crippen molar-refractivity contribution in [2.24, 2.45) is 5.92 Å². The van der Waals surface area contributed by atoms with Gasteiger partial charge in [0.15, 0.2) is 0 Å². The normalized spacial score (nSPS) is 16.4. The summed E-state index contributed by atoms with van der Waals surface area (Å²) in [6.07, 6.45) is 0.755. The Hall–Kier alpha value is -2.86. The molecule has 1 saturated heterocycles. The summed E-state index contributed by atoms with van der Waals surface area (Å²) in [6, 6.07) is 15.9. The van der Waals surface area contributed by atoms with Crippen LogP contribution in [-0.2, 0) is 9.53 Å². The van der Waals surface area contributed by atoms with Crippen LogP contribution in [0.4, 0.5) is 21.9 Å². The molecule has 2 aromatic rings. The molecule has 6 heteroatoms. The van der Waals surface area contributed by atoms with Crippen molar-refractivity contribution < 1.29 is 14.3 Å². The van der Waals surface area contributed by atoms with E-state index in [2.05, 4.69) is 16.0 Å². The van der Waals surface area contributed by atoms with Crippen LogP contribution in [0.1, 0.15) is 6.42 Å². The minimum Gasteiger partial charge on any atom is -0.381 e. The molecule has 0 radical (unpaired) electrons. The van der Waals surface area contributed by atoms with Crippen LogP contribution in [-0.4, -0.2) is 25.2 Å². The van der Waals surface area contributed by atoms with E-state index in [4.69, 9.17) is 4.74 Å². The van der Waals surface area contributed by atoms with Crippen LogP contribution >= 0.6 is 0 Å². The first-order chi connectivity index (χ1) is 11.7. The average molecular weight is 325 g/mol. The minimum absolute atomic E-state index is 0.0324. The molecular formula is C18H19N3O3. The molecule has 0 aliphatic carbocycles. The monoisotopic (exact) mass is 325 g/mol. The van der Waals surface area contributed by atoms with E-state index in [9.17, 15) is 9.59 Å². The Bertz CT molecular complexity index is 695. The number of benzene rings is 2. The summed E-state index contributed by atoms with van der Waals surface area (Å²) in [6.45, 7) is 1.11. The molecule has 0 aromatic heterocycles. The summed E-state index contributed by atoms with van der Waals surface area (Å²) in [5.41, 5.74) is 2.06. The van der Waals surface area contributed by atoms with Crippen LogP contribution in [0.5, 0.6) is 0 Å². The highest BCUT2D eigenvalue weighted by Gasteiger charge is 2.23. The highest BCUT2D eigenvalue weighted by Crippen LogP contribution is 2.18. The number of hydrogen-bond donors (Lipinski definition) is 3. The summed E-state index contributed by atoms with van der Waals surface area (Å²) >= 11 is 0. The average Bonchev–Trinajstić information content (AvgIpc) is 3.12. The Labute approximate surface area is 140 Å². The molecular weight excluding hydrogens is 306 g/mol. The fourth-order valence-corrected chi connectivity index (χ4v) is 2.44. The third-order valence-electron chi connectivity index (χ3n) is 3.74. The molecule has 24 heavy (non-hydrogen) atoms. The largest absolute Gasteiger partial charge is 0.381 e. The second-order valence-corrected chi connectivity index (χ2v) is 5.57. The first kappa shape index (κ1) is 16.0. The molecule has 3 N–H and O–H groups in total. The molecule has 6 nitrogen and oxygen atoms in total. The van der Waals surface area contributed by atoms with E-state index in [-0.39, 0.29) is 17.9 Å². The second kappa shape index (κ2) is 7.61. The van der Waals surface area contributed by atoms with Gasteiger partial charge in [0.1, 0.15) is 0 Å². The number of carbonyl (C=O) groups excluding carboxylic acids is 2. The lowest BCUT2D eigenvalue weighted by Gasteiger charge is -2.11. The number of rotatable bonds is 4. The van der Waals surface area contributed by atoms with Crippen LogP contribution in [0.15, 0.2) is 54.6 Å². The van der Waals surface area contributed by atoms with E-state index in [0.717, 1.165) is 12.1 Å². The molecule has 1 aliphatic rings. The van der Waals surface area contributed by atoms with Crippen LogP contribution in [0.2, 0.25) is 0 Å². The molecule has 2 aromatic carbocycles. The van der Waals surface area contributed by atoms with Gasteiger partial charge in [0.05, 0.1) is 12.5 Å². The number of hydrogen-bond acceptors (Lipinski definition) is 3. The van der Waals surface area contributed by atoms with E-state index < -0.39 is 0 Å². The Morgan fingerprint density at radius 1 is 0.833 bits per heavy atom. The lowest BCUT2D eigenvalue weighted by atomic mass is 10.1. The molecule has 0 unspecified atom stereocenters. The smallest absolute Gasteiger partial charge is 0.323 e.